The first-order chi connectivity index (χ1) is 13.9. The highest BCUT2D eigenvalue weighted by atomic mass is 35.5. The van der Waals surface area contributed by atoms with E-state index in [-0.39, 0.29) is 17.8 Å². The summed E-state index contributed by atoms with van der Waals surface area (Å²) in [7, 11) is 1.95. The number of anilines is 1. The van der Waals surface area contributed by atoms with Gasteiger partial charge in [-0.2, -0.15) is 0 Å². The predicted molar refractivity (Wildman–Crippen MR) is 109 cm³/mol. The van der Waals surface area contributed by atoms with Gasteiger partial charge in [-0.15, -0.1) is 0 Å². The first kappa shape index (κ1) is 19.5. The van der Waals surface area contributed by atoms with Crippen LogP contribution in [0.3, 0.4) is 0 Å². The molecule has 2 heterocycles. The number of fused-ring (bicyclic) bond motifs is 1. The van der Waals surface area contributed by atoms with Crippen LogP contribution in [0.5, 0.6) is 0 Å². The molecule has 6 nitrogen and oxygen atoms in total. The minimum absolute atomic E-state index is 0.144. The summed E-state index contributed by atoms with van der Waals surface area (Å²) in [5.74, 6) is -0.446. The van der Waals surface area contributed by atoms with Crippen molar-refractivity contribution < 1.29 is 14.0 Å². The van der Waals surface area contributed by atoms with Crippen molar-refractivity contribution in [1.82, 2.24) is 15.5 Å². The Labute approximate surface area is 173 Å². The third kappa shape index (κ3) is 3.74. The maximum absolute atomic E-state index is 13.0. The van der Waals surface area contributed by atoms with Gasteiger partial charge in [0.2, 0.25) is 0 Å². The number of piperidine rings is 1. The highest BCUT2D eigenvalue weighted by Gasteiger charge is 2.44. The zero-order chi connectivity index (χ0) is 20.6. The number of hydrogen-bond donors (Lipinski definition) is 2. The molecule has 4 rings (SSSR count). The molecule has 0 radical (unpaired) electrons. The molecule has 2 aliphatic rings. The summed E-state index contributed by atoms with van der Waals surface area (Å²) in [5, 5.41) is 6.52. The molecule has 2 aliphatic heterocycles. The van der Waals surface area contributed by atoms with E-state index in [1.807, 2.05) is 13.1 Å². The maximum atomic E-state index is 13.0. The van der Waals surface area contributed by atoms with E-state index in [1.54, 1.807) is 29.2 Å². The van der Waals surface area contributed by atoms with Crippen LogP contribution in [0.15, 0.2) is 42.5 Å². The van der Waals surface area contributed by atoms with E-state index >= 15 is 0 Å². The minimum Gasteiger partial charge on any atom is -0.351 e. The van der Waals surface area contributed by atoms with Gasteiger partial charge in [0.25, 0.3) is 5.91 Å². The molecule has 0 aliphatic carbocycles. The third-order valence-corrected chi connectivity index (χ3v) is 6.02. The number of rotatable bonds is 2. The zero-order valence-electron chi connectivity index (χ0n) is 16.0. The second kappa shape index (κ2) is 7.55. The van der Waals surface area contributed by atoms with Crippen LogP contribution in [0.4, 0.5) is 14.9 Å². The molecule has 152 valence electrons. The number of nitrogens with zero attached hydrogens (tertiary/aromatic N) is 2. The van der Waals surface area contributed by atoms with Gasteiger partial charge >= 0.3 is 6.03 Å². The van der Waals surface area contributed by atoms with Gasteiger partial charge in [-0.05, 0) is 35.9 Å². The molecule has 3 amide bonds. The van der Waals surface area contributed by atoms with Crippen molar-refractivity contribution in [3.8, 4) is 0 Å². The fraction of sp³-hybridized carbons (Fsp3) is 0.333. The van der Waals surface area contributed by atoms with E-state index in [2.05, 4.69) is 15.5 Å². The molecule has 0 unspecified atom stereocenters. The van der Waals surface area contributed by atoms with Gasteiger partial charge in [-0.3, -0.25) is 4.79 Å². The van der Waals surface area contributed by atoms with Crippen molar-refractivity contribution in [2.24, 2.45) is 0 Å². The molecule has 1 spiro atoms. The number of amides is 3. The standard InChI is InChI=1S/C21H22ClFN4O2/c1-26-18-7-4-15(22)12-17(18)19(28)25-21(26)8-10-27(11-9-21)20(29)24-13-14-2-5-16(23)6-3-14/h2-7,12H,8-11,13H2,1H3,(H,24,29)(H,25,28). The molecule has 29 heavy (non-hydrogen) atoms. The van der Waals surface area contributed by atoms with Crippen LogP contribution >= 0.6 is 11.6 Å². The lowest BCUT2D eigenvalue weighted by atomic mass is 9.90. The Hall–Kier alpha value is -2.80. The van der Waals surface area contributed by atoms with Crippen molar-refractivity contribution in [2.45, 2.75) is 25.0 Å². The lowest BCUT2D eigenvalue weighted by Gasteiger charge is -2.51. The van der Waals surface area contributed by atoms with Crippen molar-refractivity contribution in [1.29, 1.82) is 0 Å². The number of nitrogens with one attached hydrogen (secondary N) is 2. The molecule has 2 N–H and O–H groups in total. The Morgan fingerprint density at radius 2 is 1.90 bits per heavy atom. The van der Waals surface area contributed by atoms with Gasteiger partial charge in [-0.25, -0.2) is 9.18 Å². The quantitative estimate of drug-likeness (QED) is 0.789. The van der Waals surface area contributed by atoms with Crippen molar-refractivity contribution in [2.75, 3.05) is 25.0 Å². The van der Waals surface area contributed by atoms with Crippen LogP contribution in [-0.4, -0.2) is 42.6 Å². The Morgan fingerprint density at radius 3 is 2.59 bits per heavy atom. The van der Waals surface area contributed by atoms with E-state index < -0.39 is 5.66 Å². The highest BCUT2D eigenvalue weighted by Crippen LogP contribution is 2.37. The van der Waals surface area contributed by atoms with Crippen molar-refractivity contribution in [3.63, 3.8) is 0 Å². The summed E-state index contributed by atoms with van der Waals surface area (Å²) in [5.41, 5.74) is 1.71. The van der Waals surface area contributed by atoms with Crippen LogP contribution in [0.1, 0.15) is 28.8 Å². The van der Waals surface area contributed by atoms with E-state index in [4.69, 9.17) is 11.6 Å². The molecular weight excluding hydrogens is 395 g/mol. The van der Waals surface area contributed by atoms with Crippen LogP contribution in [0, 0.1) is 5.82 Å². The van der Waals surface area contributed by atoms with E-state index in [0.29, 0.717) is 43.1 Å². The maximum Gasteiger partial charge on any atom is 0.317 e. The Morgan fingerprint density at radius 1 is 1.21 bits per heavy atom. The molecule has 0 aromatic heterocycles. The van der Waals surface area contributed by atoms with Gasteiger partial charge in [0, 0.05) is 44.5 Å². The number of likely N-dealkylation sites (tertiary alicyclic amines) is 1. The van der Waals surface area contributed by atoms with Crippen molar-refractivity contribution >= 4 is 29.2 Å². The summed E-state index contributed by atoms with van der Waals surface area (Å²) < 4.78 is 13.0. The smallest absolute Gasteiger partial charge is 0.317 e. The van der Waals surface area contributed by atoms with Crippen LogP contribution in [0.2, 0.25) is 5.02 Å². The molecule has 0 bridgehead atoms. The number of hydrogen-bond acceptors (Lipinski definition) is 3. The molecule has 0 saturated carbocycles. The summed E-state index contributed by atoms with van der Waals surface area (Å²) in [6, 6.07) is 11.2. The lowest BCUT2D eigenvalue weighted by molar-refractivity contribution is 0.0810. The number of carbonyl (C=O) groups excluding carboxylic acids is 2. The minimum atomic E-state index is -0.522. The molecule has 2 aromatic rings. The van der Waals surface area contributed by atoms with Crippen LogP contribution < -0.4 is 15.5 Å². The van der Waals surface area contributed by atoms with Crippen LogP contribution in [0.25, 0.3) is 0 Å². The summed E-state index contributed by atoms with van der Waals surface area (Å²) in [6.45, 7) is 1.37. The van der Waals surface area contributed by atoms with E-state index in [1.165, 1.54) is 12.1 Å². The molecular formula is C21H22ClFN4O2. The van der Waals surface area contributed by atoms with Gasteiger partial charge in [0.15, 0.2) is 0 Å². The SMILES string of the molecule is CN1c2ccc(Cl)cc2C(=O)NC12CCN(C(=O)NCc1ccc(F)cc1)CC2. The third-order valence-electron chi connectivity index (χ3n) is 5.79. The fourth-order valence-corrected chi connectivity index (χ4v) is 4.18. The summed E-state index contributed by atoms with van der Waals surface area (Å²) >= 11 is 6.03. The number of urea groups is 1. The largest absolute Gasteiger partial charge is 0.351 e. The zero-order valence-corrected chi connectivity index (χ0v) is 16.8. The van der Waals surface area contributed by atoms with Gasteiger partial charge in [0.05, 0.1) is 11.3 Å². The highest BCUT2D eigenvalue weighted by molar-refractivity contribution is 6.31. The molecule has 2 aromatic carbocycles. The molecule has 1 saturated heterocycles. The second-order valence-corrected chi connectivity index (χ2v) is 7.91. The normalized spacial score (nSPS) is 17.7. The average Bonchev–Trinajstić information content (AvgIpc) is 2.72. The Balaban J connectivity index is 1.39. The molecule has 1 fully saturated rings. The number of carbonyl (C=O) groups is 2. The molecule has 0 atom stereocenters. The monoisotopic (exact) mass is 416 g/mol. The van der Waals surface area contributed by atoms with Gasteiger partial charge < -0.3 is 20.4 Å². The van der Waals surface area contributed by atoms with Crippen molar-refractivity contribution in [3.05, 3.63) is 64.4 Å². The first-order valence-corrected chi connectivity index (χ1v) is 9.89. The topological polar surface area (TPSA) is 64.7 Å². The fourth-order valence-electron chi connectivity index (χ4n) is 4.01. The second-order valence-electron chi connectivity index (χ2n) is 7.48. The predicted octanol–water partition coefficient (Wildman–Crippen LogP) is 3.36. The first-order valence-electron chi connectivity index (χ1n) is 9.51. The average molecular weight is 417 g/mol. The lowest BCUT2D eigenvalue weighted by Crippen LogP contribution is -2.67. The summed E-state index contributed by atoms with van der Waals surface area (Å²) in [6.07, 6.45) is 1.22. The van der Waals surface area contributed by atoms with Crippen LogP contribution in [-0.2, 0) is 6.54 Å². The Bertz CT molecular complexity index is 942. The van der Waals surface area contributed by atoms with E-state index in [0.717, 1.165) is 11.3 Å². The summed E-state index contributed by atoms with van der Waals surface area (Å²) in [4.78, 5) is 29.0. The van der Waals surface area contributed by atoms with Gasteiger partial charge in [-0.1, -0.05) is 23.7 Å². The number of halogens is 2. The number of benzene rings is 2. The van der Waals surface area contributed by atoms with E-state index in [9.17, 15) is 14.0 Å². The van der Waals surface area contributed by atoms with Gasteiger partial charge in [0.1, 0.15) is 11.5 Å². The molecule has 8 heteroatoms. The Kier molecular flexibility index (Phi) is 5.08.